The molecule has 0 radical (unpaired) electrons. The van der Waals surface area contributed by atoms with Crippen molar-refractivity contribution < 1.29 is 4.79 Å². The molecule has 0 unspecified atom stereocenters. The first-order valence-electron chi connectivity index (χ1n) is 8.85. The Morgan fingerprint density at radius 2 is 2.22 bits per heavy atom. The number of nitrogen functional groups attached to an aromatic ring is 1. The number of amides is 1. The first kappa shape index (κ1) is 19.7. The van der Waals surface area contributed by atoms with Crippen LogP contribution in [0, 0.1) is 29.6 Å². The number of aromatic nitrogens is 3. The Morgan fingerprint density at radius 3 is 2.81 bits per heavy atom. The smallest absolute Gasteiger partial charge is 0.235 e. The van der Waals surface area contributed by atoms with Crippen LogP contribution in [0.1, 0.15) is 49.0 Å². The molecule has 1 atom stereocenters. The quantitative estimate of drug-likeness (QED) is 0.598. The number of anilines is 1. The van der Waals surface area contributed by atoms with Crippen LogP contribution in [0.2, 0.25) is 0 Å². The van der Waals surface area contributed by atoms with Gasteiger partial charge in [0, 0.05) is 4.88 Å². The lowest BCUT2D eigenvalue weighted by atomic mass is 9.72. The number of hydrogen-bond acceptors (Lipinski definition) is 7. The van der Waals surface area contributed by atoms with Gasteiger partial charge in [-0.2, -0.15) is 5.26 Å². The molecule has 9 heteroatoms. The maximum Gasteiger partial charge on any atom is 0.235 e. The molecule has 0 bridgehead atoms. The van der Waals surface area contributed by atoms with E-state index >= 15 is 0 Å². The van der Waals surface area contributed by atoms with Gasteiger partial charge in [0.15, 0.2) is 0 Å². The van der Waals surface area contributed by atoms with Gasteiger partial charge in [0.2, 0.25) is 11.1 Å². The standard InChI is InChI=1S/C18H24N6OS2/c1-10-22-23-17(24(10)20)26-9-15(25)21-16-13(8-19)12-6-5-11(18(2,3)4)7-14(12)27-16/h11H,5-7,9,20H2,1-4H3,(H,21,25)/t11-/m1/s1. The second-order valence-electron chi connectivity index (χ2n) is 7.86. The highest BCUT2D eigenvalue weighted by atomic mass is 32.2. The summed E-state index contributed by atoms with van der Waals surface area (Å²) in [6.45, 7) is 8.54. The molecule has 27 heavy (non-hydrogen) atoms. The molecular weight excluding hydrogens is 380 g/mol. The fourth-order valence-electron chi connectivity index (χ4n) is 3.27. The van der Waals surface area contributed by atoms with Gasteiger partial charge in [-0.15, -0.1) is 21.5 Å². The van der Waals surface area contributed by atoms with Crippen LogP contribution < -0.4 is 11.2 Å². The van der Waals surface area contributed by atoms with Gasteiger partial charge in [-0.05, 0) is 43.1 Å². The Hall–Kier alpha value is -2.05. The van der Waals surface area contributed by atoms with Crippen LogP contribution in [0.15, 0.2) is 5.16 Å². The van der Waals surface area contributed by atoms with Crippen molar-refractivity contribution in [2.45, 2.75) is 52.1 Å². The van der Waals surface area contributed by atoms with Gasteiger partial charge in [-0.1, -0.05) is 32.5 Å². The summed E-state index contributed by atoms with van der Waals surface area (Å²) in [4.78, 5) is 13.6. The van der Waals surface area contributed by atoms with Crippen LogP contribution in [-0.4, -0.2) is 26.5 Å². The zero-order valence-corrected chi connectivity index (χ0v) is 17.6. The van der Waals surface area contributed by atoms with Crippen LogP contribution >= 0.6 is 23.1 Å². The SMILES string of the molecule is Cc1nnc(SCC(=O)Nc2sc3c(c2C#N)CC[C@@H](C(C)(C)C)C3)n1N. The number of nitrogens with two attached hydrogens (primary N) is 1. The summed E-state index contributed by atoms with van der Waals surface area (Å²) < 4.78 is 1.36. The molecule has 0 aliphatic heterocycles. The Kier molecular flexibility index (Phi) is 5.49. The van der Waals surface area contributed by atoms with Crippen LogP contribution in [0.5, 0.6) is 0 Å². The molecule has 2 heterocycles. The number of nitrogens with one attached hydrogen (secondary N) is 1. The van der Waals surface area contributed by atoms with Gasteiger partial charge in [0.1, 0.15) is 16.9 Å². The molecule has 2 aromatic rings. The summed E-state index contributed by atoms with van der Waals surface area (Å²) in [5.74, 6) is 6.96. The van der Waals surface area contributed by atoms with Crippen LogP contribution in [0.3, 0.4) is 0 Å². The zero-order chi connectivity index (χ0) is 19.8. The van der Waals surface area contributed by atoms with E-state index in [4.69, 9.17) is 5.84 Å². The normalized spacial score (nSPS) is 16.6. The first-order valence-corrected chi connectivity index (χ1v) is 10.6. The number of carbonyl (C=O) groups excluding carboxylic acids is 1. The molecule has 0 spiro atoms. The van der Waals surface area contributed by atoms with Crippen molar-refractivity contribution in [2.24, 2.45) is 11.3 Å². The van der Waals surface area contributed by atoms with Crippen molar-refractivity contribution >= 4 is 34.0 Å². The first-order chi connectivity index (χ1) is 12.7. The van der Waals surface area contributed by atoms with Crippen molar-refractivity contribution in [3.63, 3.8) is 0 Å². The summed E-state index contributed by atoms with van der Waals surface area (Å²) in [6, 6.07) is 2.29. The Labute approximate surface area is 167 Å². The van der Waals surface area contributed by atoms with E-state index in [1.54, 1.807) is 18.3 Å². The number of fused-ring (bicyclic) bond motifs is 1. The highest BCUT2D eigenvalue weighted by molar-refractivity contribution is 7.99. The van der Waals surface area contributed by atoms with E-state index < -0.39 is 0 Å². The minimum Gasteiger partial charge on any atom is -0.336 e. The number of nitrogens with zero attached hydrogens (tertiary/aromatic N) is 4. The van der Waals surface area contributed by atoms with Crippen molar-refractivity contribution in [1.29, 1.82) is 5.26 Å². The zero-order valence-electron chi connectivity index (χ0n) is 16.0. The third kappa shape index (κ3) is 4.12. The number of carbonyl (C=O) groups is 1. The van der Waals surface area contributed by atoms with Gasteiger partial charge in [-0.3, -0.25) is 4.79 Å². The maximum atomic E-state index is 12.4. The summed E-state index contributed by atoms with van der Waals surface area (Å²) in [5.41, 5.74) is 1.98. The van der Waals surface area contributed by atoms with Gasteiger partial charge in [0.05, 0.1) is 11.3 Å². The summed E-state index contributed by atoms with van der Waals surface area (Å²) >= 11 is 2.76. The van der Waals surface area contributed by atoms with Crippen molar-refractivity contribution in [1.82, 2.24) is 14.9 Å². The van der Waals surface area contributed by atoms with Gasteiger partial charge in [-0.25, -0.2) is 4.68 Å². The Morgan fingerprint density at radius 1 is 1.48 bits per heavy atom. The predicted molar refractivity (Wildman–Crippen MR) is 108 cm³/mol. The topological polar surface area (TPSA) is 110 Å². The molecular formula is C18H24N6OS2. The van der Waals surface area contributed by atoms with Crippen LogP contribution in [-0.2, 0) is 17.6 Å². The van der Waals surface area contributed by atoms with Gasteiger partial charge in [0.25, 0.3) is 0 Å². The number of nitriles is 1. The molecule has 0 fully saturated rings. The lowest BCUT2D eigenvalue weighted by Gasteiger charge is -2.33. The third-order valence-electron chi connectivity index (χ3n) is 5.02. The summed E-state index contributed by atoms with van der Waals surface area (Å²) in [5, 5.41) is 21.5. The van der Waals surface area contributed by atoms with Crippen LogP contribution in [0.25, 0.3) is 0 Å². The number of thioether (sulfide) groups is 1. The number of hydrogen-bond donors (Lipinski definition) is 2. The third-order valence-corrected chi connectivity index (χ3v) is 7.13. The molecule has 3 rings (SSSR count). The van der Waals surface area contributed by atoms with E-state index in [1.165, 1.54) is 21.3 Å². The van der Waals surface area contributed by atoms with E-state index in [0.29, 0.717) is 27.5 Å². The molecule has 0 saturated carbocycles. The van der Waals surface area contributed by atoms with E-state index in [1.807, 2.05) is 0 Å². The molecule has 1 aliphatic rings. The van der Waals surface area contributed by atoms with E-state index in [-0.39, 0.29) is 17.1 Å². The fraction of sp³-hybridized carbons (Fsp3) is 0.556. The van der Waals surface area contributed by atoms with E-state index in [2.05, 4.69) is 42.4 Å². The lowest BCUT2D eigenvalue weighted by molar-refractivity contribution is -0.113. The highest BCUT2D eigenvalue weighted by Gasteiger charge is 2.32. The average molecular weight is 405 g/mol. The van der Waals surface area contributed by atoms with Crippen molar-refractivity contribution in [3.05, 3.63) is 21.8 Å². The molecule has 0 aromatic carbocycles. The van der Waals surface area contributed by atoms with E-state index in [0.717, 1.165) is 24.8 Å². The summed E-state index contributed by atoms with van der Waals surface area (Å²) in [6.07, 6.45) is 2.95. The molecule has 0 saturated heterocycles. The average Bonchev–Trinajstić information content (AvgIpc) is 3.11. The lowest BCUT2D eigenvalue weighted by Crippen LogP contribution is -2.26. The largest absolute Gasteiger partial charge is 0.336 e. The fourth-order valence-corrected chi connectivity index (χ4v) is 5.27. The summed E-state index contributed by atoms with van der Waals surface area (Å²) in [7, 11) is 0. The Balaban J connectivity index is 1.70. The monoisotopic (exact) mass is 404 g/mol. The molecule has 2 aromatic heterocycles. The molecule has 1 aliphatic carbocycles. The van der Waals surface area contributed by atoms with Crippen LogP contribution in [0.4, 0.5) is 5.00 Å². The molecule has 144 valence electrons. The maximum absolute atomic E-state index is 12.4. The van der Waals surface area contributed by atoms with Gasteiger partial charge < -0.3 is 11.2 Å². The van der Waals surface area contributed by atoms with Crippen molar-refractivity contribution in [2.75, 3.05) is 16.9 Å². The predicted octanol–water partition coefficient (Wildman–Crippen LogP) is 3.12. The number of thiophene rings is 1. The molecule has 7 nitrogen and oxygen atoms in total. The number of rotatable bonds is 4. The highest BCUT2D eigenvalue weighted by Crippen LogP contribution is 2.44. The molecule has 3 N–H and O–H groups in total. The van der Waals surface area contributed by atoms with E-state index in [9.17, 15) is 10.1 Å². The number of aryl methyl sites for hydroxylation is 1. The second kappa shape index (κ2) is 7.52. The van der Waals surface area contributed by atoms with Crippen molar-refractivity contribution in [3.8, 4) is 6.07 Å². The minimum absolute atomic E-state index is 0.160. The van der Waals surface area contributed by atoms with Gasteiger partial charge >= 0.3 is 0 Å². The second-order valence-corrected chi connectivity index (χ2v) is 9.91. The minimum atomic E-state index is -0.178. The Bertz CT molecular complexity index is 902. The molecule has 1 amide bonds.